The summed E-state index contributed by atoms with van der Waals surface area (Å²) in [4.78, 5) is 12.3. The van der Waals surface area contributed by atoms with Gasteiger partial charge in [-0.2, -0.15) is 0 Å². The Labute approximate surface area is 113 Å². The van der Waals surface area contributed by atoms with Crippen LogP contribution in [-0.2, 0) is 0 Å². The van der Waals surface area contributed by atoms with E-state index in [-0.39, 0.29) is 11.5 Å². The molecule has 0 spiro atoms. The molecule has 18 heavy (non-hydrogen) atoms. The third-order valence-corrected chi connectivity index (χ3v) is 2.87. The summed E-state index contributed by atoms with van der Waals surface area (Å²) in [6.45, 7) is 0. The number of rotatable bonds is 4. The smallest absolute Gasteiger partial charge is 0.232 e. The maximum Gasteiger partial charge on any atom is 0.232 e. The van der Waals surface area contributed by atoms with Crippen molar-refractivity contribution in [3.63, 3.8) is 0 Å². The maximum absolute atomic E-state index is 12.3. The number of hydrogen-bond acceptors (Lipinski definition) is 4. The van der Waals surface area contributed by atoms with E-state index < -0.39 is 0 Å². The molecule has 0 N–H and O–H groups in total. The summed E-state index contributed by atoms with van der Waals surface area (Å²) in [5, 5.41) is 0. The van der Waals surface area contributed by atoms with E-state index in [0.29, 0.717) is 21.7 Å². The minimum Gasteiger partial charge on any atom is -0.497 e. The van der Waals surface area contributed by atoms with Crippen LogP contribution >= 0.6 is 15.9 Å². The van der Waals surface area contributed by atoms with Crippen LogP contribution in [0.5, 0.6) is 11.5 Å². The van der Waals surface area contributed by atoms with Crippen molar-refractivity contribution < 1.29 is 18.7 Å². The molecule has 94 valence electrons. The van der Waals surface area contributed by atoms with Crippen LogP contribution in [0, 0.1) is 0 Å². The van der Waals surface area contributed by atoms with E-state index in [0.717, 1.165) is 0 Å². The molecule has 0 aliphatic rings. The number of hydrogen-bond donors (Lipinski definition) is 0. The Morgan fingerprint density at radius 1 is 1.17 bits per heavy atom. The summed E-state index contributed by atoms with van der Waals surface area (Å²) in [6, 6.07) is 8.31. The quantitative estimate of drug-likeness (QED) is 0.813. The minimum atomic E-state index is -0.253. The van der Waals surface area contributed by atoms with E-state index in [1.54, 1.807) is 37.4 Å². The lowest BCUT2D eigenvalue weighted by Gasteiger charge is -2.08. The zero-order chi connectivity index (χ0) is 13.1. The lowest BCUT2D eigenvalue weighted by atomic mass is 10.1. The Bertz CT molecular complexity index is 574. The van der Waals surface area contributed by atoms with Gasteiger partial charge < -0.3 is 13.9 Å². The van der Waals surface area contributed by atoms with E-state index in [1.807, 2.05) is 0 Å². The fraction of sp³-hybridized carbons (Fsp3) is 0.154. The highest BCUT2D eigenvalue weighted by molar-refractivity contribution is 9.10. The standard InChI is InChI=1S/C13H11BrO4/c1-16-8-3-4-10(17-2)9(7-8)13(15)11-5-6-12(14)18-11/h3-7H,1-2H3. The minimum absolute atomic E-state index is 0.244. The van der Waals surface area contributed by atoms with Crippen LogP contribution in [0.1, 0.15) is 16.1 Å². The first-order valence-electron chi connectivity index (χ1n) is 5.17. The predicted molar refractivity (Wildman–Crippen MR) is 69.4 cm³/mol. The number of ketones is 1. The van der Waals surface area contributed by atoms with E-state index >= 15 is 0 Å². The van der Waals surface area contributed by atoms with E-state index in [2.05, 4.69) is 15.9 Å². The highest BCUT2D eigenvalue weighted by Crippen LogP contribution is 2.27. The van der Waals surface area contributed by atoms with Gasteiger partial charge in [-0.25, -0.2) is 0 Å². The summed E-state index contributed by atoms with van der Waals surface area (Å²) in [5.41, 5.74) is 0.402. The first-order valence-corrected chi connectivity index (χ1v) is 5.97. The third-order valence-electron chi connectivity index (χ3n) is 2.45. The van der Waals surface area contributed by atoms with E-state index in [4.69, 9.17) is 13.9 Å². The fourth-order valence-electron chi connectivity index (χ4n) is 1.56. The molecule has 0 fully saturated rings. The Kier molecular flexibility index (Phi) is 3.72. The number of carbonyl (C=O) groups excluding carboxylic acids is 1. The van der Waals surface area contributed by atoms with Gasteiger partial charge in [0, 0.05) is 0 Å². The molecule has 0 aliphatic heterocycles. The van der Waals surface area contributed by atoms with Crippen molar-refractivity contribution in [1.82, 2.24) is 0 Å². The molecule has 0 aliphatic carbocycles. The van der Waals surface area contributed by atoms with Crippen LogP contribution in [0.4, 0.5) is 0 Å². The molecule has 0 amide bonds. The molecular formula is C13H11BrO4. The van der Waals surface area contributed by atoms with Gasteiger partial charge in [-0.3, -0.25) is 4.79 Å². The summed E-state index contributed by atoms with van der Waals surface area (Å²) < 4.78 is 16.0. The predicted octanol–water partition coefficient (Wildman–Crippen LogP) is 3.29. The van der Waals surface area contributed by atoms with Gasteiger partial charge in [0.05, 0.1) is 19.8 Å². The second-order valence-corrected chi connectivity index (χ2v) is 4.28. The summed E-state index contributed by atoms with van der Waals surface area (Å²) >= 11 is 3.16. The second kappa shape index (κ2) is 5.27. The number of ether oxygens (including phenoxy) is 2. The zero-order valence-corrected chi connectivity index (χ0v) is 11.5. The average Bonchev–Trinajstić information content (AvgIpc) is 2.83. The van der Waals surface area contributed by atoms with Crippen molar-refractivity contribution in [1.29, 1.82) is 0 Å². The van der Waals surface area contributed by atoms with Crippen LogP contribution in [0.2, 0.25) is 0 Å². The van der Waals surface area contributed by atoms with Gasteiger partial charge in [0.1, 0.15) is 11.5 Å². The number of halogens is 1. The highest BCUT2D eigenvalue weighted by atomic mass is 79.9. The SMILES string of the molecule is COc1ccc(OC)c(C(=O)c2ccc(Br)o2)c1. The maximum atomic E-state index is 12.3. The van der Waals surface area contributed by atoms with Crippen molar-refractivity contribution in [3.05, 3.63) is 46.3 Å². The summed E-state index contributed by atoms with van der Waals surface area (Å²) in [7, 11) is 3.05. The lowest BCUT2D eigenvalue weighted by Crippen LogP contribution is -2.03. The van der Waals surface area contributed by atoms with Crippen molar-refractivity contribution in [3.8, 4) is 11.5 Å². The van der Waals surface area contributed by atoms with Gasteiger partial charge in [0.15, 0.2) is 10.4 Å². The molecule has 0 unspecified atom stereocenters. The largest absolute Gasteiger partial charge is 0.497 e. The number of benzene rings is 1. The van der Waals surface area contributed by atoms with Gasteiger partial charge in [-0.1, -0.05) is 0 Å². The third kappa shape index (κ3) is 2.41. The first-order chi connectivity index (χ1) is 8.65. The average molecular weight is 311 g/mol. The Morgan fingerprint density at radius 3 is 2.50 bits per heavy atom. The van der Waals surface area contributed by atoms with Gasteiger partial charge >= 0.3 is 0 Å². The Hall–Kier alpha value is -1.75. The van der Waals surface area contributed by atoms with Gasteiger partial charge in [0.2, 0.25) is 5.78 Å². The van der Waals surface area contributed by atoms with Crippen LogP contribution in [-0.4, -0.2) is 20.0 Å². The molecule has 1 aromatic heterocycles. The van der Waals surface area contributed by atoms with Crippen LogP contribution in [0.25, 0.3) is 0 Å². The normalized spacial score (nSPS) is 10.2. The number of furan rings is 1. The van der Waals surface area contributed by atoms with Crippen molar-refractivity contribution >= 4 is 21.7 Å². The van der Waals surface area contributed by atoms with Gasteiger partial charge in [-0.05, 0) is 46.3 Å². The molecule has 1 aromatic carbocycles. The van der Waals surface area contributed by atoms with Gasteiger partial charge in [-0.15, -0.1) is 0 Å². The Balaban J connectivity index is 2.45. The van der Waals surface area contributed by atoms with E-state index in [1.165, 1.54) is 7.11 Å². The van der Waals surface area contributed by atoms with Crippen LogP contribution in [0.3, 0.4) is 0 Å². The molecule has 0 atom stereocenters. The van der Waals surface area contributed by atoms with E-state index in [9.17, 15) is 4.79 Å². The zero-order valence-electron chi connectivity index (χ0n) is 9.90. The van der Waals surface area contributed by atoms with Crippen molar-refractivity contribution in [2.45, 2.75) is 0 Å². The molecule has 2 rings (SSSR count). The highest BCUT2D eigenvalue weighted by Gasteiger charge is 2.18. The molecule has 0 bridgehead atoms. The van der Waals surface area contributed by atoms with Crippen LogP contribution < -0.4 is 9.47 Å². The molecule has 5 heteroatoms. The second-order valence-electron chi connectivity index (χ2n) is 3.50. The fourth-order valence-corrected chi connectivity index (χ4v) is 1.87. The lowest BCUT2D eigenvalue weighted by molar-refractivity contribution is 0.100. The summed E-state index contributed by atoms with van der Waals surface area (Å²) in [5.74, 6) is 1.06. The van der Waals surface area contributed by atoms with Crippen molar-refractivity contribution in [2.75, 3.05) is 14.2 Å². The number of methoxy groups -OCH3 is 2. The molecule has 0 radical (unpaired) electrons. The molecule has 2 aromatic rings. The number of carbonyl (C=O) groups is 1. The molecule has 1 heterocycles. The molecule has 0 saturated carbocycles. The molecule has 0 saturated heterocycles. The molecular weight excluding hydrogens is 300 g/mol. The van der Waals surface area contributed by atoms with Crippen LogP contribution in [0.15, 0.2) is 39.4 Å². The monoisotopic (exact) mass is 310 g/mol. The van der Waals surface area contributed by atoms with Crippen molar-refractivity contribution in [2.24, 2.45) is 0 Å². The molecule has 4 nitrogen and oxygen atoms in total. The summed E-state index contributed by atoms with van der Waals surface area (Å²) in [6.07, 6.45) is 0. The van der Waals surface area contributed by atoms with Gasteiger partial charge in [0.25, 0.3) is 0 Å². The Morgan fingerprint density at radius 2 is 1.94 bits per heavy atom. The first kappa shape index (κ1) is 12.7. The topological polar surface area (TPSA) is 48.7 Å².